The summed E-state index contributed by atoms with van der Waals surface area (Å²) in [4.78, 5) is 15.4. The number of nitrogens with zero attached hydrogens (tertiary/aromatic N) is 1. The summed E-state index contributed by atoms with van der Waals surface area (Å²) < 4.78 is 4.59. The quantitative estimate of drug-likeness (QED) is 0.666. The van der Waals surface area contributed by atoms with Crippen LogP contribution in [0, 0.1) is 0 Å². The molecule has 3 nitrogen and oxygen atoms in total. The van der Waals surface area contributed by atoms with Crippen molar-refractivity contribution in [2.45, 2.75) is 12.8 Å². The van der Waals surface area contributed by atoms with Crippen molar-refractivity contribution in [3.05, 3.63) is 29.8 Å². The second-order valence-electron chi connectivity index (χ2n) is 3.24. The lowest BCUT2D eigenvalue weighted by Gasteiger charge is -1.97. The number of para-hydroxylation sites is 1. The van der Waals surface area contributed by atoms with Gasteiger partial charge in [0.15, 0.2) is 0 Å². The van der Waals surface area contributed by atoms with Crippen LogP contribution < -0.4 is 0 Å². The van der Waals surface area contributed by atoms with Crippen LogP contribution in [0.25, 0.3) is 0 Å². The SMILES string of the molecule is COC(=O)CC1=Nc2ccccc2C1. The summed E-state index contributed by atoms with van der Waals surface area (Å²) in [5, 5.41) is 0. The van der Waals surface area contributed by atoms with Crippen LogP contribution in [0.15, 0.2) is 29.3 Å². The number of hydrogen-bond donors (Lipinski definition) is 0. The predicted molar refractivity (Wildman–Crippen MR) is 53.9 cm³/mol. The van der Waals surface area contributed by atoms with E-state index < -0.39 is 0 Å². The van der Waals surface area contributed by atoms with Crippen LogP contribution in [-0.4, -0.2) is 18.8 Å². The maximum atomic E-state index is 11.0. The Morgan fingerprint density at radius 1 is 1.50 bits per heavy atom. The first-order valence-corrected chi connectivity index (χ1v) is 4.51. The van der Waals surface area contributed by atoms with Gasteiger partial charge >= 0.3 is 5.97 Å². The minimum absolute atomic E-state index is 0.225. The van der Waals surface area contributed by atoms with E-state index in [2.05, 4.69) is 9.73 Å². The zero-order valence-electron chi connectivity index (χ0n) is 7.99. The van der Waals surface area contributed by atoms with E-state index in [1.54, 1.807) is 0 Å². The van der Waals surface area contributed by atoms with Gasteiger partial charge in [-0.15, -0.1) is 0 Å². The number of methoxy groups -OCH3 is 1. The lowest BCUT2D eigenvalue weighted by Crippen LogP contribution is -2.08. The van der Waals surface area contributed by atoms with Gasteiger partial charge in [0.25, 0.3) is 0 Å². The Labute approximate surface area is 82.4 Å². The number of benzene rings is 1. The fourth-order valence-corrected chi connectivity index (χ4v) is 1.54. The van der Waals surface area contributed by atoms with Gasteiger partial charge in [-0.05, 0) is 11.6 Å². The fourth-order valence-electron chi connectivity index (χ4n) is 1.54. The third-order valence-electron chi connectivity index (χ3n) is 2.24. The third-order valence-corrected chi connectivity index (χ3v) is 2.24. The van der Waals surface area contributed by atoms with E-state index in [1.165, 1.54) is 12.7 Å². The molecule has 0 unspecified atom stereocenters. The van der Waals surface area contributed by atoms with E-state index in [0.29, 0.717) is 6.42 Å². The van der Waals surface area contributed by atoms with Crippen LogP contribution in [-0.2, 0) is 16.0 Å². The molecule has 0 atom stereocenters. The number of rotatable bonds is 2. The molecule has 14 heavy (non-hydrogen) atoms. The van der Waals surface area contributed by atoms with Gasteiger partial charge in [-0.2, -0.15) is 0 Å². The van der Waals surface area contributed by atoms with Gasteiger partial charge in [-0.1, -0.05) is 18.2 Å². The van der Waals surface area contributed by atoms with Gasteiger partial charge in [-0.25, -0.2) is 0 Å². The number of hydrogen-bond acceptors (Lipinski definition) is 3. The predicted octanol–water partition coefficient (Wildman–Crippen LogP) is 1.88. The maximum Gasteiger partial charge on any atom is 0.311 e. The molecule has 0 saturated heterocycles. The number of carbonyl (C=O) groups is 1. The smallest absolute Gasteiger partial charge is 0.311 e. The van der Waals surface area contributed by atoms with Crippen molar-refractivity contribution in [1.29, 1.82) is 0 Å². The number of carbonyl (C=O) groups excluding carboxylic acids is 1. The second-order valence-corrected chi connectivity index (χ2v) is 3.24. The van der Waals surface area contributed by atoms with Crippen molar-refractivity contribution in [2.75, 3.05) is 7.11 Å². The standard InChI is InChI=1S/C11H11NO2/c1-14-11(13)7-9-6-8-4-2-3-5-10(8)12-9/h2-5H,6-7H2,1H3. The van der Waals surface area contributed by atoms with Crippen molar-refractivity contribution in [3.63, 3.8) is 0 Å². The minimum atomic E-state index is -0.225. The van der Waals surface area contributed by atoms with E-state index in [4.69, 9.17) is 0 Å². The Balaban J connectivity index is 2.12. The molecule has 1 aromatic carbocycles. The summed E-state index contributed by atoms with van der Waals surface area (Å²) in [6.45, 7) is 0. The minimum Gasteiger partial charge on any atom is -0.469 e. The molecule has 0 amide bonds. The first-order valence-electron chi connectivity index (χ1n) is 4.51. The third kappa shape index (κ3) is 1.66. The molecule has 0 fully saturated rings. The van der Waals surface area contributed by atoms with Gasteiger partial charge in [-0.3, -0.25) is 9.79 Å². The van der Waals surface area contributed by atoms with Crippen LogP contribution in [0.1, 0.15) is 12.0 Å². The highest BCUT2D eigenvalue weighted by Crippen LogP contribution is 2.26. The molecule has 0 aliphatic carbocycles. The summed E-state index contributed by atoms with van der Waals surface area (Å²) in [5.74, 6) is -0.225. The highest BCUT2D eigenvalue weighted by Gasteiger charge is 2.16. The topological polar surface area (TPSA) is 38.7 Å². The Morgan fingerprint density at radius 3 is 3.00 bits per heavy atom. The monoisotopic (exact) mass is 189 g/mol. The van der Waals surface area contributed by atoms with E-state index in [1.807, 2.05) is 24.3 Å². The second kappa shape index (κ2) is 3.62. The molecule has 1 aliphatic heterocycles. The summed E-state index contributed by atoms with van der Waals surface area (Å²) in [7, 11) is 1.39. The number of esters is 1. The van der Waals surface area contributed by atoms with Crippen molar-refractivity contribution >= 4 is 17.4 Å². The molecule has 0 radical (unpaired) electrons. The molecule has 0 N–H and O–H groups in total. The van der Waals surface area contributed by atoms with Crippen molar-refractivity contribution in [3.8, 4) is 0 Å². The summed E-state index contributed by atoms with van der Waals surface area (Å²) in [6, 6.07) is 7.92. The van der Waals surface area contributed by atoms with E-state index in [-0.39, 0.29) is 5.97 Å². The lowest BCUT2D eigenvalue weighted by molar-refractivity contribution is -0.139. The van der Waals surface area contributed by atoms with Gasteiger partial charge in [0.05, 0.1) is 19.2 Å². The highest BCUT2D eigenvalue weighted by atomic mass is 16.5. The van der Waals surface area contributed by atoms with Crippen LogP contribution in [0.5, 0.6) is 0 Å². The molecule has 1 aromatic rings. The number of fused-ring (bicyclic) bond motifs is 1. The molecule has 0 aromatic heterocycles. The van der Waals surface area contributed by atoms with Crippen LogP contribution in [0.4, 0.5) is 5.69 Å². The normalized spacial score (nSPS) is 13.4. The Hall–Kier alpha value is -1.64. The van der Waals surface area contributed by atoms with E-state index >= 15 is 0 Å². The zero-order chi connectivity index (χ0) is 9.97. The van der Waals surface area contributed by atoms with Gasteiger partial charge in [0.2, 0.25) is 0 Å². The lowest BCUT2D eigenvalue weighted by atomic mass is 10.1. The Morgan fingerprint density at radius 2 is 2.29 bits per heavy atom. The molecule has 2 rings (SSSR count). The summed E-state index contributed by atoms with van der Waals surface area (Å²) in [5.41, 5.74) is 3.05. The largest absolute Gasteiger partial charge is 0.469 e. The Kier molecular flexibility index (Phi) is 2.31. The molecule has 72 valence electrons. The molecule has 3 heteroatoms. The summed E-state index contributed by atoms with van der Waals surface area (Å²) in [6.07, 6.45) is 1.07. The highest BCUT2D eigenvalue weighted by molar-refractivity contribution is 6.03. The summed E-state index contributed by atoms with van der Waals surface area (Å²) >= 11 is 0. The first kappa shape index (κ1) is 8.94. The van der Waals surface area contributed by atoms with E-state index in [0.717, 1.165) is 17.8 Å². The fraction of sp³-hybridized carbons (Fsp3) is 0.273. The molecule has 0 spiro atoms. The molecule has 1 heterocycles. The average molecular weight is 189 g/mol. The maximum absolute atomic E-state index is 11.0. The van der Waals surface area contributed by atoms with E-state index in [9.17, 15) is 4.79 Å². The molecule has 0 saturated carbocycles. The molecule has 1 aliphatic rings. The van der Waals surface area contributed by atoms with Crippen LogP contribution >= 0.6 is 0 Å². The van der Waals surface area contributed by atoms with Crippen LogP contribution in [0.3, 0.4) is 0 Å². The van der Waals surface area contributed by atoms with Crippen LogP contribution in [0.2, 0.25) is 0 Å². The number of aliphatic imine (C=N–C) groups is 1. The van der Waals surface area contributed by atoms with Gasteiger partial charge in [0.1, 0.15) is 0 Å². The van der Waals surface area contributed by atoms with Gasteiger partial charge in [0, 0.05) is 12.1 Å². The zero-order valence-corrected chi connectivity index (χ0v) is 7.99. The van der Waals surface area contributed by atoms with Crippen molar-refractivity contribution < 1.29 is 9.53 Å². The first-order chi connectivity index (χ1) is 6.79. The Bertz CT molecular complexity index is 396. The average Bonchev–Trinajstić information content (AvgIpc) is 2.59. The molecular formula is C11H11NO2. The van der Waals surface area contributed by atoms with Crippen molar-refractivity contribution in [1.82, 2.24) is 0 Å². The molecule has 0 bridgehead atoms. The van der Waals surface area contributed by atoms with Crippen molar-refractivity contribution in [2.24, 2.45) is 4.99 Å². The number of ether oxygens (including phenoxy) is 1. The van der Waals surface area contributed by atoms with Gasteiger partial charge < -0.3 is 4.74 Å². The molecular weight excluding hydrogens is 178 g/mol.